The summed E-state index contributed by atoms with van der Waals surface area (Å²) in [7, 11) is 1.63. The van der Waals surface area contributed by atoms with Crippen molar-refractivity contribution in [2.45, 2.75) is 51.1 Å². The minimum atomic E-state index is -0.470. The van der Waals surface area contributed by atoms with E-state index in [-0.39, 0.29) is 17.9 Å². The number of benzene rings is 1. The predicted molar refractivity (Wildman–Crippen MR) is 119 cm³/mol. The number of ether oxygens (including phenoxy) is 1. The van der Waals surface area contributed by atoms with Crippen molar-refractivity contribution < 1.29 is 14.3 Å². The molecule has 2 saturated heterocycles. The molecule has 0 saturated carbocycles. The fourth-order valence-electron chi connectivity index (χ4n) is 5.34. The molecule has 0 aliphatic carbocycles. The van der Waals surface area contributed by atoms with Crippen LogP contribution in [0, 0.1) is 13.8 Å². The number of carbonyl (C=O) groups is 2. The van der Waals surface area contributed by atoms with Gasteiger partial charge in [-0.15, -0.1) is 0 Å². The molecule has 2 aromatic heterocycles. The molecule has 8 heteroatoms. The molecule has 0 bridgehead atoms. The summed E-state index contributed by atoms with van der Waals surface area (Å²) >= 11 is 0. The largest absolute Gasteiger partial charge is 0.497 e. The van der Waals surface area contributed by atoms with Crippen molar-refractivity contribution in [3.05, 3.63) is 59.0 Å². The molecule has 1 spiro atoms. The Hall–Kier alpha value is -3.42. The van der Waals surface area contributed by atoms with Crippen LogP contribution >= 0.6 is 0 Å². The van der Waals surface area contributed by atoms with Crippen molar-refractivity contribution in [3.63, 3.8) is 0 Å². The molecule has 166 valence electrons. The lowest BCUT2D eigenvalue weighted by Gasteiger charge is -2.48. The van der Waals surface area contributed by atoms with Crippen LogP contribution in [0.25, 0.3) is 5.65 Å². The fourth-order valence-corrected chi connectivity index (χ4v) is 5.34. The number of piperidine rings is 1. The molecule has 2 atom stereocenters. The number of likely N-dealkylation sites (tertiary alicyclic amines) is 1. The van der Waals surface area contributed by atoms with Crippen molar-refractivity contribution in [2.24, 2.45) is 0 Å². The highest BCUT2D eigenvalue weighted by atomic mass is 16.5. The highest BCUT2D eigenvalue weighted by molar-refractivity contribution is 6.00. The van der Waals surface area contributed by atoms with E-state index in [4.69, 9.17) is 4.74 Å². The molecule has 4 heterocycles. The molecule has 0 radical (unpaired) electrons. The van der Waals surface area contributed by atoms with Crippen LogP contribution in [0.3, 0.4) is 0 Å². The molecule has 3 aromatic rings. The first-order chi connectivity index (χ1) is 15.4. The van der Waals surface area contributed by atoms with Gasteiger partial charge >= 0.3 is 0 Å². The fraction of sp³-hybridized carbons (Fsp3) is 0.417. The summed E-state index contributed by atoms with van der Waals surface area (Å²) in [6, 6.07) is 9.45. The van der Waals surface area contributed by atoms with Crippen molar-refractivity contribution in [3.8, 4) is 5.75 Å². The maximum atomic E-state index is 13.9. The van der Waals surface area contributed by atoms with Gasteiger partial charge in [-0.3, -0.25) is 9.59 Å². The zero-order chi connectivity index (χ0) is 22.5. The minimum absolute atomic E-state index is 0.0433. The molecule has 32 heavy (non-hydrogen) atoms. The van der Waals surface area contributed by atoms with E-state index in [0.29, 0.717) is 30.6 Å². The van der Waals surface area contributed by atoms with E-state index in [0.717, 1.165) is 35.5 Å². The van der Waals surface area contributed by atoms with Gasteiger partial charge in [-0.1, -0.05) is 12.1 Å². The highest BCUT2D eigenvalue weighted by Crippen LogP contribution is 2.45. The molecule has 1 N–H and O–H groups in total. The lowest BCUT2D eigenvalue weighted by Crippen LogP contribution is -2.58. The standard InChI is InChI=1S/C24H27N5O3/c1-15-13-16(2)29-22(26-15)19(14-25-29)23(31)28-12-4-10-24(11-9-20(30)27-24)21(28)17-5-7-18(32-3)8-6-17/h5-8,13-14,21H,4,9-12H2,1-3H3,(H,27,30)/t21-,24+/m1/s1. The second-order valence-electron chi connectivity index (χ2n) is 8.81. The van der Waals surface area contributed by atoms with Crippen LogP contribution in [-0.4, -0.2) is 50.5 Å². The Bertz CT molecular complexity index is 1200. The summed E-state index contributed by atoms with van der Waals surface area (Å²) < 4.78 is 7.03. The summed E-state index contributed by atoms with van der Waals surface area (Å²) in [5, 5.41) is 7.65. The van der Waals surface area contributed by atoms with Gasteiger partial charge in [0.1, 0.15) is 11.3 Å². The first kappa shape index (κ1) is 20.5. The Morgan fingerprint density at radius 3 is 2.69 bits per heavy atom. The SMILES string of the molecule is COc1ccc([C@H]2N(C(=O)c3cnn4c(C)cc(C)nc34)CCC[C@]23CCC(=O)N3)cc1. The van der Waals surface area contributed by atoms with Gasteiger partial charge in [0.05, 0.1) is 24.9 Å². The van der Waals surface area contributed by atoms with Crippen molar-refractivity contribution in [1.29, 1.82) is 0 Å². The molecule has 2 amide bonds. The molecule has 0 unspecified atom stereocenters. The molecular formula is C24H27N5O3. The van der Waals surface area contributed by atoms with E-state index in [2.05, 4.69) is 15.4 Å². The number of fused-ring (bicyclic) bond motifs is 1. The van der Waals surface area contributed by atoms with Gasteiger partial charge < -0.3 is 15.0 Å². The van der Waals surface area contributed by atoms with E-state index in [1.807, 2.05) is 49.1 Å². The second-order valence-corrected chi connectivity index (χ2v) is 8.81. The minimum Gasteiger partial charge on any atom is -0.497 e. The zero-order valence-corrected chi connectivity index (χ0v) is 18.6. The lowest BCUT2D eigenvalue weighted by atomic mass is 9.76. The van der Waals surface area contributed by atoms with Crippen LogP contribution in [0.5, 0.6) is 5.75 Å². The predicted octanol–water partition coefficient (Wildman–Crippen LogP) is 2.98. The normalized spacial score (nSPS) is 23.0. The molecule has 2 aliphatic rings. The molecular weight excluding hydrogens is 406 g/mol. The van der Waals surface area contributed by atoms with Gasteiger partial charge in [-0.25, -0.2) is 9.50 Å². The van der Waals surface area contributed by atoms with Crippen molar-refractivity contribution in [2.75, 3.05) is 13.7 Å². The number of hydrogen-bond donors (Lipinski definition) is 1. The molecule has 2 aliphatic heterocycles. The number of hydrogen-bond acceptors (Lipinski definition) is 5. The lowest BCUT2D eigenvalue weighted by molar-refractivity contribution is -0.120. The van der Waals surface area contributed by atoms with Gasteiger partial charge in [0, 0.05) is 24.4 Å². The van der Waals surface area contributed by atoms with Gasteiger partial charge in [-0.2, -0.15) is 5.10 Å². The maximum absolute atomic E-state index is 13.9. The number of nitrogens with one attached hydrogen (secondary N) is 1. The summed E-state index contributed by atoms with van der Waals surface area (Å²) in [6.07, 6.45) is 4.45. The van der Waals surface area contributed by atoms with E-state index >= 15 is 0 Å². The van der Waals surface area contributed by atoms with Crippen LogP contribution in [-0.2, 0) is 4.79 Å². The number of methoxy groups -OCH3 is 1. The molecule has 8 nitrogen and oxygen atoms in total. The van der Waals surface area contributed by atoms with Gasteiger partial charge in [0.25, 0.3) is 5.91 Å². The van der Waals surface area contributed by atoms with E-state index < -0.39 is 5.54 Å². The number of rotatable bonds is 3. The van der Waals surface area contributed by atoms with Crippen molar-refractivity contribution >= 4 is 17.5 Å². The third-order valence-electron chi connectivity index (χ3n) is 6.74. The number of carbonyl (C=O) groups excluding carboxylic acids is 2. The van der Waals surface area contributed by atoms with Crippen LogP contribution < -0.4 is 10.1 Å². The average molecular weight is 434 g/mol. The van der Waals surface area contributed by atoms with Crippen LogP contribution in [0.4, 0.5) is 0 Å². The summed E-state index contributed by atoms with van der Waals surface area (Å²) in [5.74, 6) is 0.685. The molecule has 2 fully saturated rings. The monoisotopic (exact) mass is 433 g/mol. The van der Waals surface area contributed by atoms with E-state index in [1.165, 1.54) is 0 Å². The molecule has 5 rings (SSSR count). The topological polar surface area (TPSA) is 88.8 Å². The number of aromatic nitrogens is 3. The first-order valence-electron chi connectivity index (χ1n) is 11.0. The van der Waals surface area contributed by atoms with E-state index in [1.54, 1.807) is 17.8 Å². The number of amides is 2. The van der Waals surface area contributed by atoms with Crippen LogP contribution in [0.2, 0.25) is 0 Å². The Morgan fingerprint density at radius 2 is 2.00 bits per heavy atom. The Labute approximate surface area is 186 Å². The second kappa shape index (κ2) is 7.62. The van der Waals surface area contributed by atoms with Gasteiger partial charge in [-0.05, 0) is 56.9 Å². The third-order valence-corrected chi connectivity index (χ3v) is 6.74. The summed E-state index contributed by atoms with van der Waals surface area (Å²) in [4.78, 5) is 32.7. The van der Waals surface area contributed by atoms with Gasteiger partial charge in [0.2, 0.25) is 5.91 Å². The maximum Gasteiger partial charge on any atom is 0.259 e. The van der Waals surface area contributed by atoms with Crippen LogP contribution in [0.15, 0.2) is 36.5 Å². The zero-order valence-electron chi connectivity index (χ0n) is 18.6. The average Bonchev–Trinajstić information content (AvgIpc) is 3.37. The molecule has 1 aromatic carbocycles. The number of aryl methyl sites for hydroxylation is 2. The Balaban J connectivity index is 1.61. The smallest absolute Gasteiger partial charge is 0.259 e. The quantitative estimate of drug-likeness (QED) is 0.686. The first-order valence-corrected chi connectivity index (χ1v) is 11.0. The Morgan fingerprint density at radius 1 is 1.22 bits per heavy atom. The van der Waals surface area contributed by atoms with Gasteiger partial charge in [0.15, 0.2) is 5.65 Å². The Kier molecular flexibility index (Phi) is 4.87. The number of nitrogens with zero attached hydrogens (tertiary/aromatic N) is 4. The van der Waals surface area contributed by atoms with Crippen LogP contribution in [0.1, 0.15) is 59.0 Å². The summed E-state index contributed by atoms with van der Waals surface area (Å²) in [6.45, 7) is 4.47. The van der Waals surface area contributed by atoms with E-state index in [9.17, 15) is 9.59 Å². The summed E-state index contributed by atoms with van der Waals surface area (Å²) in [5.41, 5.74) is 3.33. The van der Waals surface area contributed by atoms with Crippen molar-refractivity contribution in [1.82, 2.24) is 24.8 Å². The highest BCUT2D eigenvalue weighted by Gasteiger charge is 2.51. The third kappa shape index (κ3) is 3.21.